The Hall–Kier alpha value is -0.940. The van der Waals surface area contributed by atoms with Crippen molar-refractivity contribution in [3.8, 4) is 0 Å². The zero-order chi connectivity index (χ0) is 11.6. The largest absolute Gasteiger partial charge is 0.307 e. The molecule has 0 rings (SSSR count). The van der Waals surface area contributed by atoms with Crippen LogP contribution in [0.4, 0.5) is 0 Å². The van der Waals surface area contributed by atoms with E-state index in [2.05, 4.69) is 5.48 Å². The molecular formula is C9H21N3O2. The van der Waals surface area contributed by atoms with Crippen LogP contribution in [0.3, 0.4) is 0 Å². The van der Waals surface area contributed by atoms with Crippen LogP contribution < -0.4 is 5.48 Å². The minimum Gasteiger partial charge on any atom is -0.307 e. The van der Waals surface area contributed by atoms with Crippen LogP contribution in [-0.4, -0.2) is 43.8 Å². The summed E-state index contributed by atoms with van der Waals surface area (Å²) in [6.07, 6.45) is 0. The maximum atomic E-state index is 10.7. The van der Waals surface area contributed by atoms with Gasteiger partial charge in [0.2, 0.25) is 0 Å². The maximum Gasteiger partial charge on any atom is 0.288 e. The Morgan fingerprint density at radius 2 is 1.93 bits per heavy atom. The van der Waals surface area contributed by atoms with E-state index in [0.29, 0.717) is 6.61 Å². The number of amides is 1. The first kappa shape index (κ1) is 15.5. The van der Waals surface area contributed by atoms with E-state index in [1.165, 1.54) is 6.92 Å². The number of rotatable bonds is 5. The lowest BCUT2D eigenvalue weighted by molar-refractivity contribution is -0.126. The van der Waals surface area contributed by atoms with E-state index in [4.69, 9.17) is 10.2 Å². The molecule has 0 spiro atoms. The fourth-order valence-electron chi connectivity index (χ4n) is 0.421. The molecule has 0 heterocycles. The molecule has 5 heteroatoms. The van der Waals surface area contributed by atoms with Crippen LogP contribution in [0.1, 0.15) is 20.8 Å². The lowest BCUT2D eigenvalue weighted by atomic mass is 10.4. The molecule has 0 aliphatic rings. The van der Waals surface area contributed by atoms with Crippen LogP contribution in [0.5, 0.6) is 0 Å². The van der Waals surface area contributed by atoms with Gasteiger partial charge in [-0.1, -0.05) is 13.8 Å². The molecule has 0 aliphatic carbocycles. The van der Waals surface area contributed by atoms with Crippen molar-refractivity contribution in [1.82, 2.24) is 10.4 Å². The SMILES string of the molecule is CC.CC(=N)C(=O)NOCCN(C)C. The number of hydrogen-bond acceptors (Lipinski definition) is 4. The highest BCUT2D eigenvalue weighted by Gasteiger charge is 2.01. The molecule has 84 valence electrons. The second-order valence-electron chi connectivity index (χ2n) is 2.71. The molecule has 2 N–H and O–H groups in total. The van der Waals surface area contributed by atoms with Crippen molar-refractivity contribution in [2.75, 3.05) is 27.2 Å². The summed E-state index contributed by atoms with van der Waals surface area (Å²) in [7, 11) is 3.82. The Morgan fingerprint density at radius 3 is 2.29 bits per heavy atom. The van der Waals surface area contributed by atoms with Crippen LogP contribution >= 0.6 is 0 Å². The van der Waals surface area contributed by atoms with Crippen LogP contribution in [-0.2, 0) is 9.63 Å². The summed E-state index contributed by atoms with van der Waals surface area (Å²) in [5, 5.41) is 6.92. The van der Waals surface area contributed by atoms with Crippen molar-refractivity contribution >= 4 is 11.6 Å². The number of carbonyl (C=O) groups is 1. The van der Waals surface area contributed by atoms with Crippen LogP contribution in [0, 0.1) is 5.41 Å². The zero-order valence-electron chi connectivity index (χ0n) is 9.68. The molecule has 0 aliphatic heterocycles. The normalized spacial score (nSPS) is 9.00. The van der Waals surface area contributed by atoms with Gasteiger partial charge >= 0.3 is 0 Å². The van der Waals surface area contributed by atoms with E-state index in [9.17, 15) is 4.79 Å². The van der Waals surface area contributed by atoms with Crippen molar-refractivity contribution in [3.05, 3.63) is 0 Å². The summed E-state index contributed by atoms with van der Waals surface area (Å²) < 4.78 is 0. The molecule has 0 aromatic rings. The first-order valence-electron chi connectivity index (χ1n) is 4.66. The second-order valence-corrected chi connectivity index (χ2v) is 2.71. The van der Waals surface area contributed by atoms with Gasteiger partial charge in [-0.2, -0.15) is 0 Å². The lowest BCUT2D eigenvalue weighted by Crippen LogP contribution is -2.31. The Morgan fingerprint density at radius 1 is 1.43 bits per heavy atom. The first-order valence-corrected chi connectivity index (χ1v) is 4.66. The van der Waals surface area contributed by atoms with Gasteiger partial charge in [0.15, 0.2) is 0 Å². The minimum atomic E-state index is -0.492. The van der Waals surface area contributed by atoms with Gasteiger partial charge in [-0.3, -0.25) is 15.0 Å². The van der Waals surface area contributed by atoms with Gasteiger partial charge in [0.05, 0.1) is 12.3 Å². The Labute approximate surface area is 85.9 Å². The Bertz CT molecular complexity index is 169. The molecule has 0 fully saturated rings. The molecule has 0 radical (unpaired) electrons. The van der Waals surface area contributed by atoms with Crippen LogP contribution in [0.25, 0.3) is 0 Å². The van der Waals surface area contributed by atoms with E-state index in [1.54, 1.807) is 0 Å². The summed E-state index contributed by atoms with van der Waals surface area (Å²) in [5.74, 6) is -0.492. The summed E-state index contributed by atoms with van der Waals surface area (Å²) in [6, 6.07) is 0. The molecule has 1 amide bonds. The lowest BCUT2D eigenvalue weighted by Gasteiger charge is -2.09. The fraction of sp³-hybridized carbons (Fsp3) is 0.778. The standard InChI is InChI=1S/C7H15N3O2.C2H6/c1-6(8)7(11)9-12-5-4-10(2)3;1-2/h8H,4-5H2,1-3H3,(H,9,11);1-2H3. The fourth-order valence-corrected chi connectivity index (χ4v) is 0.421. The van der Waals surface area contributed by atoms with E-state index in [1.807, 2.05) is 32.8 Å². The molecule has 0 aromatic heterocycles. The van der Waals surface area contributed by atoms with Gasteiger partial charge < -0.3 is 4.90 Å². The van der Waals surface area contributed by atoms with E-state index in [-0.39, 0.29) is 5.71 Å². The molecule has 0 bridgehead atoms. The van der Waals surface area contributed by atoms with Crippen LogP contribution in [0.15, 0.2) is 0 Å². The van der Waals surface area contributed by atoms with Crippen molar-refractivity contribution in [2.45, 2.75) is 20.8 Å². The Kier molecular flexibility index (Phi) is 11.3. The average Bonchev–Trinajstić information content (AvgIpc) is 2.15. The molecule has 5 nitrogen and oxygen atoms in total. The molecular weight excluding hydrogens is 182 g/mol. The summed E-state index contributed by atoms with van der Waals surface area (Å²) in [5.41, 5.74) is 2.09. The second kappa shape index (κ2) is 10.1. The van der Waals surface area contributed by atoms with Gasteiger partial charge in [-0.15, -0.1) is 0 Å². The summed E-state index contributed by atoms with van der Waals surface area (Å²) in [4.78, 5) is 17.4. The number of nitrogens with one attached hydrogen (secondary N) is 2. The third-order valence-electron chi connectivity index (χ3n) is 1.15. The number of nitrogens with zero attached hydrogens (tertiary/aromatic N) is 1. The summed E-state index contributed by atoms with van der Waals surface area (Å²) in [6.45, 7) is 6.56. The molecule has 0 aromatic carbocycles. The quantitative estimate of drug-likeness (QED) is 0.392. The van der Waals surface area contributed by atoms with Gasteiger partial charge in [0, 0.05) is 6.54 Å². The van der Waals surface area contributed by atoms with Crippen molar-refractivity contribution in [2.24, 2.45) is 0 Å². The average molecular weight is 203 g/mol. The smallest absolute Gasteiger partial charge is 0.288 e. The van der Waals surface area contributed by atoms with Crippen LogP contribution in [0.2, 0.25) is 0 Å². The first-order chi connectivity index (χ1) is 6.54. The van der Waals surface area contributed by atoms with E-state index >= 15 is 0 Å². The molecule has 14 heavy (non-hydrogen) atoms. The topological polar surface area (TPSA) is 65.4 Å². The molecule has 0 atom stereocenters. The third-order valence-corrected chi connectivity index (χ3v) is 1.15. The molecule has 0 unspecified atom stereocenters. The minimum absolute atomic E-state index is 0.0557. The maximum absolute atomic E-state index is 10.7. The van der Waals surface area contributed by atoms with Gasteiger partial charge in [0.25, 0.3) is 5.91 Å². The predicted molar refractivity (Wildman–Crippen MR) is 57.4 cm³/mol. The van der Waals surface area contributed by atoms with Gasteiger partial charge in [0.1, 0.15) is 0 Å². The number of carbonyl (C=O) groups excluding carboxylic acids is 1. The van der Waals surface area contributed by atoms with Crippen molar-refractivity contribution in [3.63, 3.8) is 0 Å². The predicted octanol–water partition coefficient (Wildman–Crippen LogP) is 0.662. The van der Waals surface area contributed by atoms with E-state index < -0.39 is 5.91 Å². The third kappa shape index (κ3) is 11.1. The number of hydrogen-bond donors (Lipinski definition) is 2. The molecule has 0 saturated carbocycles. The zero-order valence-corrected chi connectivity index (χ0v) is 9.68. The van der Waals surface area contributed by atoms with E-state index in [0.717, 1.165) is 6.54 Å². The monoisotopic (exact) mass is 203 g/mol. The molecule has 0 saturated heterocycles. The highest BCUT2D eigenvalue weighted by molar-refractivity contribution is 6.36. The number of hydroxylamine groups is 1. The highest BCUT2D eigenvalue weighted by Crippen LogP contribution is 1.76. The number of likely N-dealkylation sites (N-methyl/N-ethyl adjacent to an activating group) is 1. The van der Waals surface area contributed by atoms with Gasteiger partial charge in [-0.25, -0.2) is 5.48 Å². The van der Waals surface area contributed by atoms with Gasteiger partial charge in [-0.05, 0) is 21.0 Å². The van der Waals surface area contributed by atoms with Crippen molar-refractivity contribution < 1.29 is 9.63 Å². The highest BCUT2D eigenvalue weighted by atomic mass is 16.6. The van der Waals surface area contributed by atoms with Crippen molar-refractivity contribution in [1.29, 1.82) is 5.41 Å². The Balaban J connectivity index is 0. The summed E-state index contributed by atoms with van der Waals surface area (Å²) >= 11 is 0.